The summed E-state index contributed by atoms with van der Waals surface area (Å²) < 4.78 is 28.3. The quantitative estimate of drug-likeness (QED) is 0.814. The molecule has 19 heavy (non-hydrogen) atoms. The first-order chi connectivity index (χ1) is 9.19. The molecule has 0 unspecified atom stereocenters. The maximum atomic E-state index is 12.0. The van der Waals surface area contributed by atoms with Crippen LogP contribution in [0.1, 0.15) is 12.5 Å². The van der Waals surface area contributed by atoms with Gasteiger partial charge in [-0.2, -0.15) is 8.78 Å². The number of pyridine rings is 1. The molecule has 1 aromatic heterocycles. The van der Waals surface area contributed by atoms with Crippen molar-refractivity contribution in [2.75, 3.05) is 0 Å². The molecule has 0 radical (unpaired) electrons. The Kier molecular flexibility index (Phi) is 4.23. The first-order valence-corrected chi connectivity index (χ1v) is 5.83. The Morgan fingerprint density at radius 2 is 1.84 bits per heavy atom. The summed E-state index contributed by atoms with van der Waals surface area (Å²) in [6.07, 6.45) is 5.66. The van der Waals surface area contributed by atoms with Crippen LogP contribution in [0.25, 0.3) is 17.3 Å². The number of hydrogen-bond donors (Lipinski definition) is 0. The fourth-order valence-corrected chi connectivity index (χ4v) is 1.67. The third-order valence-electron chi connectivity index (χ3n) is 2.52. The van der Waals surface area contributed by atoms with Crippen molar-refractivity contribution in [1.29, 1.82) is 0 Å². The highest BCUT2D eigenvalue weighted by Gasteiger charge is 2.04. The molecule has 0 saturated heterocycles. The molecular formula is C15H13F2NO. The summed E-state index contributed by atoms with van der Waals surface area (Å²) >= 11 is 0. The molecule has 2 aromatic rings. The second kappa shape index (κ2) is 6.09. The van der Waals surface area contributed by atoms with E-state index in [1.54, 1.807) is 18.3 Å². The number of ether oxygens (including phenoxy) is 1. The van der Waals surface area contributed by atoms with Crippen LogP contribution in [0.4, 0.5) is 8.78 Å². The Bertz CT molecular complexity index is 547. The highest BCUT2D eigenvalue weighted by molar-refractivity contribution is 5.61. The zero-order valence-electron chi connectivity index (χ0n) is 10.4. The van der Waals surface area contributed by atoms with Crippen LogP contribution in [0.2, 0.25) is 0 Å². The summed E-state index contributed by atoms with van der Waals surface area (Å²) in [5, 5.41) is 0. The van der Waals surface area contributed by atoms with E-state index in [1.165, 1.54) is 12.1 Å². The third-order valence-corrected chi connectivity index (χ3v) is 2.52. The van der Waals surface area contributed by atoms with Crippen LogP contribution < -0.4 is 4.74 Å². The first kappa shape index (κ1) is 13.2. The van der Waals surface area contributed by atoms with Gasteiger partial charge in [0.2, 0.25) is 0 Å². The van der Waals surface area contributed by atoms with Crippen LogP contribution in [0.3, 0.4) is 0 Å². The van der Waals surface area contributed by atoms with E-state index in [0.29, 0.717) is 0 Å². The monoisotopic (exact) mass is 261 g/mol. The summed E-state index contributed by atoms with van der Waals surface area (Å²) in [4.78, 5) is 4.32. The van der Waals surface area contributed by atoms with Crippen molar-refractivity contribution in [3.63, 3.8) is 0 Å². The second-order valence-electron chi connectivity index (χ2n) is 3.88. The smallest absolute Gasteiger partial charge is 0.387 e. The lowest BCUT2D eigenvalue weighted by molar-refractivity contribution is -0.0498. The molecule has 0 N–H and O–H groups in total. The van der Waals surface area contributed by atoms with Gasteiger partial charge in [0.15, 0.2) is 0 Å². The zero-order valence-corrected chi connectivity index (χ0v) is 10.4. The lowest BCUT2D eigenvalue weighted by atomic mass is 10.1. The molecule has 1 aromatic carbocycles. The van der Waals surface area contributed by atoms with Gasteiger partial charge in [0.25, 0.3) is 0 Å². The first-order valence-electron chi connectivity index (χ1n) is 5.83. The summed E-state index contributed by atoms with van der Waals surface area (Å²) in [7, 11) is 0. The predicted molar refractivity (Wildman–Crippen MR) is 71.0 cm³/mol. The molecule has 0 aliphatic carbocycles. The molecule has 2 nitrogen and oxygen atoms in total. The van der Waals surface area contributed by atoms with Gasteiger partial charge in [-0.25, -0.2) is 0 Å². The van der Waals surface area contributed by atoms with Gasteiger partial charge in [-0.15, -0.1) is 0 Å². The summed E-state index contributed by atoms with van der Waals surface area (Å²) in [5.74, 6) is 0.143. The molecule has 0 aliphatic rings. The topological polar surface area (TPSA) is 22.1 Å². The Morgan fingerprint density at radius 3 is 2.37 bits per heavy atom. The lowest BCUT2D eigenvalue weighted by Gasteiger charge is -2.05. The number of alkyl halides is 2. The van der Waals surface area contributed by atoms with Crippen LogP contribution in [0, 0.1) is 0 Å². The van der Waals surface area contributed by atoms with Gasteiger partial charge >= 0.3 is 6.61 Å². The maximum absolute atomic E-state index is 12.0. The van der Waals surface area contributed by atoms with Crippen molar-refractivity contribution in [1.82, 2.24) is 4.98 Å². The lowest BCUT2D eigenvalue weighted by Crippen LogP contribution is -2.01. The molecule has 2 rings (SSSR count). The molecule has 0 aliphatic heterocycles. The Hall–Kier alpha value is -2.23. The molecule has 1 heterocycles. The van der Waals surface area contributed by atoms with Gasteiger partial charge < -0.3 is 4.74 Å². The van der Waals surface area contributed by atoms with Crippen molar-refractivity contribution in [2.24, 2.45) is 0 Å². The van der Waals surface area contributed by atoms with E-state index in [9.17, 15) is 8.78 Å². The molecular weight excluding hydrogens is 248 g/mol. The highest BCUT2D eigenvalue weighted by atomic mass is 19.3. The molecule has 0 spiro atoms. The predicted octanol–water partition coefficient (Wildman–Crippen LogP) is 4.38. The number of rotatable bonds is 4. The van der Waals surface area contributed by atoms with Crippen molar-refractivity contribution in [2.45, 2.75) is 13.5 Å². The number of allylic oxidation sites excluding steroid dienone is 1. The molecule has 98 valence electrons. The van der Waals surface area contributed by atoms with Crippen molar-refractivity contribution < 1.29 is 13.5 Å². The van der Waals surface area contributed by atoms with Crippen molar-refractivity contribution >= 4 is 6.08 Å². The van der Waals surface area contributed by atoms with E-state index in [-0.39, 0.29) is 5.75 Å². The van der Waals surface area contributed by atoms with E-state index in [1.807, 2.05) is 31.2 Å². The number of hydrogen-bond acceptors (Lipinski definition) is 2. The zero-order chi connectivity index (χ0) is 13.7. The standard InChI is InChI=1S/C15H13F2NO/c1-2-3-11-4-9-14(18-10-11)12-5-7-13(8-6-12)19-15(16)17/h2-10,15H,1H3/b3-2+. The van der Waals surface area contributed by atoms with Crippen molar-refractivity contribution in [3.05, 3.63) is 54.2 Å². The van der Waals surface area contributed by atoms with Crippen LogP contribution in [0.5, 0.6) is 5.75 Å². The van der Waals surface area contributed by atoms with E-state index >= 15 is 0 Å². The SMILES string of the molecule is C/C=C/c1ccc(-c2ccc(OC(F)F)cc2)nc1. The molecule has 0 amide bonds. The fourth-order valence-electron chi connectivity index (χ4n) is 1.67. The number of nitrogens with zero attached hydrogens (tertiary/aromatic N) is 1. The molecule has 0 atom stereocenters. The number of benzene rings is 1. The highest BCUT2D eigenvalue weighted by Crippen LogP contribution is 2.22. The molecule has 4 heteroatoms. The largest absolute Gasteiger partial charge is 0.435 e. The number of aromatic nitrogens is 1. The van der Waals surface area contributed by atoms with Gasteiger partial charge in [0.05, 0.1) is 5.69 Å². The van der Waals surface area contributed by atoms with Gasteiger partial charge in [0, 0.05) is 11.8 Å². The van der Waals surface area contributed by atoms with Gasteiger partial charge in [-0.05, 0) is 42.8 Å². The van der Waals surface area contributed by atoms with Crippen LogP contribution in [0.15, 0.2) is 48.7 Å². The maximum Gasteiger partial charge on any atom is 0.387 e. The van der Waals surface area contributed by atoms with Crippen LogP contribution in [-0.4, -0.2) is 11.6 Å². The van der Waals surface area contributed by atoms with Gasteiger partial charge in [0.1, 0.15) is 5.75 Å². The van der Waals surface area contributed by atoms with Gasteiger partial charge in [-0.1, -0.05) is 18.2 Å². The summed E-state index contributed by atoms with van der Waals surface area (Å²) in [6.45, 7) is -0.862. The molecule has 0 fully saturated rings. The molecule has 0 bridgehead atoms. The molecule has 0 saturated carbocycles. The second-order valence-corrected chi connectivity index (χ2v) is 3.88. The summed E-state index contributed by atoms with van der Waals surface area (Å²) in [6, 6.07) is 10.3. The third kappa shape index (κ3) is 3.61. The average Bonchev–Trinajstić information content (AvgIpc) is 2.40. The Balaban J connectivity index is 2.17. The Labute approximate surface area is 110 Å². The fraction of sp³-hybridized carbons (Fsp3) is 0.133. The van der Waals surface area contributed by atoms with Crippen LogP contribution in [-0.2, 0) is 0 Å². The minimum absolute atomic E-state index is 0.143. The van der Waals surface area contributed by atoms with E-state index in [0.717, 1.165) is 16.8 Å². The van der Waals surface area contributed by atoms with E-state index in [4.69, 9.17) is 0 Å². The van der Waals surface area contributed by atoms with Crippen molar-refractivity contribution in [3.8, 4) is 17.0 Å². The summed E-state index contributed by atoms with van der Waals surface area (Å²) in [5.41, 5.74) is 2.66. The minimum Gasteiger partial charge on any atom is -0.435 e. The van der Waals surface area contributed by atoms with Crippen LogP contribution >= 0.6 is 0 Å². The van der Waals surface area contributed by atoms with E-state index < -0.39 is 6.61 Å². The average molecular weight is 261 g/mol. The number of halogens is 2. The Morgan fingerprint density at radius 1 is 1.11 bits per heavy atom. The van der Waals surface area contributed by atoms with Gasteiger partial charge in [-0.3, -0.25) is 4.98 Å². The normalized spacial score (nSPS) is 11.2. The van der Waals surface area contributed by atoms with E-state index in [2.05, 4.69) is 9.72 Å². The minimum atomic E-state index is -2.80.